The lowest BCUT2D eigenvalue weighted by atomic mass is 10.0. The number of nitrogens with one attached hydrogen (secondary N) is 5. The molecule has 0 unspecified atom stereocenters. The number of carbonyl (C=O) groups excluding carboxylic acids is 5. The molecule has 0 saturated heterocycles. The van der Waals surface area contributed by atoms with Gasteiger partial charge in [-0.2, -0.15) is 0 Å². The number of guanidine groups is 1. The molecular weight excluding hydrogens is 714 g/mol. The van der Waals surface area contributed by atoms with Crippen LogP contribution in [0.4, 0.5) is 0 Å². The third-order valence-corrected chi connectivity index (χ3v) is 7.67. The number of benzene rings is 1. The first-order chi connectivity index (χ1) is 25.2. The van der Waals surface area contributed by atoms with Gasteiger partial charge >= 0.3 is 17.9 Å². The van der Waals surface area contributed by atoms with Gasteiger partial charge in [-0.1, -0.05) is 26.0 Å². The lowest BCUT2D eigenvalue weighted by Crippen LogP contribution is -2.59. The van der Waals surface area contributed by atoms with E-state index in [2.05, 4.69) is 31.6 Å². The standard InChI is InChI=1S/C33H51N9O12/c1-16(2)13-23(41-30(51)22(10-11-25(44)45)39-27(48)17(3)38-28(49)20(34)15-26(46)47)31(52)40-21(5-4-12-37-33(35)36)29(50)42-24(32(53)54)14-18-6-8-19(43)9-7-18/h6-9,16-17,20-24,43H,4-5,10-15,34H2,1-3H3,(H,38,49)(H,39,48)(H,40,52)(H,41,51)(H,42,50)(H,44,45)(H,46,47)(H,53,54)(H4,35,36,37)/t17-,20-,21-,22-,23-,24-/m0/s1. The van der Waals surface area contributed by atoms with Crippen LogP contribution in [0, 0.1) is 5.92 Å². The van der Waals surface area contributed by atoms with Crippen LogP contribution in [0.2, 0.25) is 0 Å². The van der Waals surface area contributed by atoms with Crippen molar-refractivity contribution in [1.29, 1.82) is 0 Å². The fourth-order valence-electron chi connectivity index (χ4n) is 4.86. The second-order valence-corrected chi connectivity index (χ2v) is 12.9. The van der Waals surface area contributed by atoms with Gasteiger partial charge in [0.15, 0.2) is 5.96 Å². The molecule has 0 aliphatic carbocycles. The van der Waals surface area contributed by atoms with Gasteiger partial charge in [-0.25, -0.2) is 4.79 Å². The van der Waals surface area contributed by atoms with E-state index in [1.54, 1.807) is 13.8 Å². The van der Waals surface area contributed by atoms with Crippen LogP contribution in [0.25, 0.3) is 0 Å². The number of rotatable bonds is 24. The van der Waals surface area contributed by atoms with Crippen molar-refractivity contribution in [3.63, 3.8) is 0 Å². The van der Waals surface area contributed by atoms with Crippen LogP contribution in [0.5, 0.6) is 5.75 Å². The first-order valence-electron chi connectivity index (χ1n) is 17.0. The summed E-state index contributed by atoms with van der Waals surface area (Å²) in [4.78, 5) is 104. The molecule has 0 radical (unpaired) electrons. The number of nitrogens with two attached hydrogens (primary N) is 3. The number of carboxylic acid groups (broad SMARTS) is 3. The molecule has 1 aromatic carbocycles. The van der Waals surface area contributed by atoms with Gasteiger partial charge in [-0.3, -0.25) is 38.6 Å². The number of carbonyl (C=O) groups is 8. The maximum absolute atomic E-state index is 13.7. The quantitative estimate of drug-likeness (QED) is 0.0288. The third kappa shape index (κ3) is 18.0. The molecule has 0 aliphatic heterocycles. The minimum atomic E-state index is -1.53. The average Bonchev–Trinajstić information content (AvgIpc) is 3.06. The number of hydrogen-bond donors (Lipinski definition) is 12. The van der Waals surface area contributed by atoms with Crippen molar-refractivity contribution in [3.8, 4) is 5.75 Å². The van der Waals surface area contributed by atoms with Gasteiger partial charge in [0.2, 0.25) is 29.5 Å². The van der Waals surface area contributed by atoms with Crippen LogP contribution < -0.4 is 43.8 Å². The highest BCUT2D eigenvalue weighted by molar-refractivity contribution is 5.96. The topological polar surface area (TPSA) is 368 Å². The molecule has 54 heavy (non-hydrogen) atoms. The van der Waals surface area contributed by atoms with Gasteiger partial charge in [0.25, 0.3) is 0 Å². The second kappa shape index (κ2) is 22.8. The summed E-state index contributed by atoms with van der Waals surface area (Å²) in [6.07, 6.45) is -1.81. The molecule has 0 fully saturated rings. The van der Waals surface area contributed by atoms with Gasteiger partial charge < -0.3 is 64.2 Å². The largest absolute Gasteiger partial charge is 0.508 e. The van der Waals surface area contributed by atoms with E-state index >= 15 is 0 Å². The van der Waals surface area contributed by atoms with Crippen molar-refractivity contribution in [2.45, 2.75) is 102 Å². The molecule has 6 atom stereocenters. The normalized spacial score (nSPS) is 14.2. The summed E-state index contributed by atoms with van der Waals surface area (Å²) in [5, 5.41) is 49.5. The highest BCUT2D eigenvalue weighted by Gasteiger charge is 2.33. The molecule has 0 aliphatic rings. The summed E-state index contributed by atoms with van der Waals surface area (Å²) < 4.78 is 0. The number of amides is 5. The Morgan fingerprint density at radius 3 is 1.72 bits per heavy atom. The predicted molar refractivity (Wildman–Crippen MR) is 191 cm³/mol. The second-order valence-electron chi connectivity index (χ2n) is 12.9. The summed E-state index contributed by atoms with van der Waals surface area (Å²) in [6, 6.07) is -2.82. The van der Waals surface area contributed by atoms with Crippen molar-refractivity contribution in [2.24, 2.45) is 28.1 Å². The molecule has 0 spiro atoms. The zero-order chi connectivity index (χ0) is 41.1. The summed E-state index contributed by atoms with van der Waals surface area (Å²) >= 11 is 0. The molecule has 15 N–H and O–H groups in total. The fraction of sp³-hybridized carbons (Fsp3) is 0.545. The molecule has 1 aromatic rings. The van der Waals surface area contributed by atoms with Gasteiger partial charge in [0.05, 0.1) is 12.5 Å². The Balaban J connectivity index is 3.25. The Bertz CT molecular complexity index is 1520. The minimum absolute atomic E-state index is 0.00599. The van der Waals surface area contributed by atoms with E-state index in [4.69, 9.17) is 22.3 Å². The molecule has 0 saturated carbocycles. The van der Waals surface area contributed by atoms with Gasteiger partial charge in [0, 0.05) is 19.4 Å². The smallest absolute Gasteiger partial charge is 0.326 e. The first-order valence-corrected chi connectivity index (χ1v) is 17.0. The van der Waals surface area contributed by atoms with E-state index in [0.717, 1.165) is 0 Å². The number of phenolic OH excluding ortho intramolecular Hbond substituents is 1. The Morgan fingerprint density at radius 2 is 1.20 bits per heavy atom. The lowest BCUT2D eigenvalue weighted by Gasteiger charge is -2.27. The molecular formula is C33H51N9O12. The Morgan fingerprint density at radius 1 is 0.685 bits per heavy atom. The monoisotopic (exact) mass is 765 g/mol. The number of phenols is 1. The van der Waals surface area contributed by atoms with Crippen LogP contribution in [0.3, 0.4) is 0 Å². The summed E-state index contributed by atoms with van der Waals surface area (Å²) in [6.45, 7) is 4.74. The zero-order valence-electron chi connectivity index (χ0n) is 30.2. The third-order valence-electron chi connectivity index (χ3n) is 7.67. The van der Waals surface area contributed by atoms with E-state index in [9.17, 15) is 53.7 Å². The van der Waals surface area contributed by atoms with Gasteiger partial charge in [-0.15, -0.1) is 0 Å². The molecule has 1 rings (SSSR count). The zero-order valence-corrected chi connectivity index (χ0v) is 30.2. The molecule has 300 valence electrons. The number of aromatic hydroxyl groups is 1. The van der Waals surface area contributed by atoms with Gasteiger partial charge in [0.1, 0.15) is 36.0 Å². The summed E-state index contributed by atoms with van der Waals surface area (Å²) in [7, 11) is 0. The van der Waals surface area contributed by atoms with E-state index in [0.29, 0.717) is 5.56 Å². The Labute approximate surface area is 310 Å². The van der Waals surface area contributed by atoms with E-state index in [1.165, 1.54) is 31.2 Å². The Kier molecular flexibility index (Phi) is 19.5. The van der Waals surface area contributed by atoms with Gasteiger partial charge in [-0.05, 0) is 56.2 Å². The van der Waals surface area contributed by atoms with Crippen LogP contribution in [0.15, 0.2) is 29.3 Å². The van der Waals surface area contributed by atoms with Crippen LogP contribution in [-0.2, 0) is 44.8 Å². The highest BCUT2D eigenvalue weighted by Crippen LogP contribution is 2.13. The number of aliphatic carboxylic acids is 3. The number of aliphatic imine (C=N–C) groups is 1. The summed E-state index contributed by atoms with van der Waals surface area (Å²) in [5.41, 5.74) is 16.8. The number of hydrogen-bond acceptors (Lipinski definition) is 11. The SMILES string of the molecule is CC(C)C[C@H](NC(=O)[C@H](CCC(=O)O)NC(=O)[C@H](C)NC(=O)[C@@H](N)CC(=O)O)C(=O)N[C@@H](CCCN=C(N)N)C(=O)N[C@@H](Cc1ccc(O)cc1)C(=O)O. The predicted octanol–water partition coefficient (Wildman–Crippen LogP) is -2.77. The molecule has 5 amide bonds. The molecule has 21 nitrogen and oxygen atoms in total. The number of carboxylic acids is 3. The summed E-state index contributed by atoms with van der Waals surface area (Å²) in [5.74, 6) is -9.15. The lowest BCUT2D eigenvalue weighted by molar-refractivity contribution is -0.142. The van der Waals surface area contributed by atoms with E-state index in [1.807, 2.05) is 0 Å². The van der Waals surface area contributed by atoms with Crippen molar-refractivity contribution in [3.05, 3.63) is 29.8 Å². The Hall–Kier alpha value is -5.99. The maximum Gasteiger partial charge on any atom is 0.326 e. The van der Waals surface area contributed by atoms with Crippen molar-refractivity contribution < 1.29 is 58.8 Å². The minimum Gasteiger partial charge on any atom is -0.508 e. The average molecular weight is 766 g/mol. The first kappa shape index (κ1) is 46.0. The highest BCUT2D eigenvalue weighted by atomic mass is 16.4. The van der Waals surface area contributed by atoms with E-state index < -0.39 is 103 Å². The number of nitrogens with zero attached hydrogens (tertiary/aromatic N) is 1. The molecule has 0 aromatic heterocycles. The molecule has 0 bridgehead atoms. The van der Waals surface area contributed by atoms with Crippen molar-refractivity contribution in [1.82, 2.24) is 26.6 Å². The fourth-order valence-corrected chi connectivity index (χ4v) is 4.86. The molecule has 0 heterocycles. The maximum atomic E-state index is 13.7. The van der Waals surface area contributed by atoms with Crippen LogP contribution in [0.1, 0.15) is 64.9 Å². The van der Waals surface area contributed by atoms with Crippen LogP contribution >= 0.6 is 0 Å². The van der Waals surface area contributed by atoms with Crippen LogP contribution in [-0.4, -0.2) is 117 Å². The van der Waals surface area contributed by atoms with E-state index in [-0.39, 0.29) is 49.9 Å². The van der Waals surface area contributed by atoms with Crippen molar-refractivity contribution >= 4 is 53.4 Å². The van der Waals surface area contributed by atoms with Crippen molar-refractivity contribution in [2.75, 3.05) is 6.54 Å². The molecule has 21 heteroatoms.